The third-order valence-corrected chi connectivity index (χ3v) is 4.85. The zero-order valence-corrected chi connectivity index (χ0v) is 9.53. The summed E-state index contributed by atoms with van der Waals surface area (Å²) in [5, 5.41) is 0.836. The molecule has 4 unspecified atom stereocenters. The molecule has 4 atom stereocenters. The highest BCUT2D eigenvalue weighted by Gasteiger charge is 2.37. The minimum absolute atomic E-state index is 0.415. The quantitative estimate of drug-likeness (QED) is 0.582. The van der Waals surface area contributed by atoms with Crippen molar-refractivity contribution in [3.63, 3.8) is 0 Å². The zero-order chi connectivity index (χ0) is 9.26. The molecule has 0 heterocycles. The first kappa shape index (κ1) is 10.1. The minimum Gasteiger partial charge on any atom is -0.123 e. The van der Waals surface area contributed by atoms with Crippen LogP contribution in [0, 0.1) is 11.8 Å². The lowest BCUT2D eigenvalue weighted by Crippen LogP contribution is -2.29. The van der Waals surface area contributed by atoms with E-state index in [4.69, 9.17) is 23.2 Å². The molecule has 2 rings (SSSR count). The lowest BCUT2D eigenvalue weighted by Gasteiger charge is -2.33. The van der Waals surface area contributed by atoms with Gasteiger partial charge in [-0.15, -0.1) is 23.2 Å². The molecule has 2 aliphatic carbocycles. The highest BCUT2D eigenvalue weighted by atomic mass is 35.5. The van der Waals surface area contributed by atoms with E-state index in [0.717, 1.165) is 11.8 Å². The molecule has 0 saturated heterocycles. The van der Waals surface area contributed by atoms with Crippen molar-refractivity contribution in [1.82, 2.24) is 0 Å². The van der Waals surface area contributed by atoms with Gasteiger partial charge in [-0.3, -0.25) is 0 Å². The van der Waals surface area contributed by atoms with Gasteiger partial charge in [-0.25, -0.2) is 0 Å². The van der Waals surface area contributed by atoms with Gasteiger partial charge in [-0.1, -0.05) is 19.3 Å². The van der Waals surface area contributed by atoms with E-state index in [1.807, 2.05) is 0 Å². The third-order valence-electron chi connectivity index (χ3n) is 3.76. The average molecular weight is 221 g/mol. The third kappa shape index (κ3) is 2.15. The molecule has 0 aromatic carbocycles. The summed E-state index contributed by atoms with van der Waals surface area (Å²) >= 11 is 12.7. The van der Waals surface area contributed by atoms with E-state index in [0.29, 0.717) is 10.8 Å². The summed E-state index contributed by atoms with van der Waals surface area (Å²) in [5.41, 5.74) is 0. The standard InChI is InChI=1S/C11H18Cl2/c12-10-6-2-1-4-8(10)9-5-3-7-11(9)13/h8-11H,1-7H2. The maximum atomic E-state index is 6.37. The van der Waals surface area contributed by atoms with Crippen molar-refractivity contribution >= 4 is 23.2 Å². The van der Waals surface area contributed by atoms with Crippen LogP contribution in [0.25, 0.3) is 0 Å². The fraction of sp³-hybridized carbons (Fsp3) is 1.00. The van der Waals surface area contributed by atoms with Gasteiger partial charge in [0.15, 0.2) is 0 Å². The van der Waals surface area contributed by atoms with Crippen LogP contribution in [0.3, 0.4) is 0 Å². The van der Waals surface area contributed by atoms with Crippen LogP contribution in [0.2, 0.25) is 0 Å². The largest absolute Gasteiger partial charge is 0.123 e. The maximum absolute atomic E-state index is 6.37. The van der Waals surface area contributed by atoms with Gasteiger partial charge < -0.3 is 0 Å². The molecular formula is C11H18Cl2. The highest BCUT2D eigenvalue weighted by Crippen LogP contribution is 2.43. The van der Waals surface area contributed by atoms with E-state index < -0.39 is 0 Å². The number of hydrogen-bond acceptors (Lipinski definition) is 0. The minimum atomic E-state index is 0.415. The molecule has 0 bridgehead atoms. The monoisotopic (exact) mass is 220 g/mol. The van der Waals surface area contributed by atoms with Gasteiger partial charge in [0.1, 0.15) is 0 Å². The van der Waals surface area contributed by atoms with Gasteiger partial charge >= 0.3 is 0 Å². The molecule has 0 spiro atoms. The van der Waals surface area contributed by atoms with Crippen LogP contribution in [-0.2, 0) is 0 Å². The van der Waals surface area contributed by atoms with E-state index >= 15 is 0 Å². The van der Waals surface area contributed by atoms with Crippen molar-refractivity contribution < 1.29 is 0 Å². The summed E-state index contributed by atoms with van der Waals surface area (Å²) in [6.45, 7) is 0. The van der Waals surface area contributed by atoms with Gasteiger partial charge in [0, 0.05) is 10.8 Å². The van der Waals surface area contributed by atoms with Crippen molar-refractivity contribution in [3.05, 3.63) is 0 Å². The van der Waals surface area contributed by atoms with Crippen molar-refractivity contribution in [2.45, 2.75) is 55.7 Å². The second-order valence-corrected chi connectivity index (χ2v) is 5.70. The summed E-state index contributed by atoms with van der Waals surface area (Å²) in [6, 6.07) is 0. The number of rotatable bonds is 1. The molecule has 0 nitrogen and oxygen atoms in total. The van der Waals surface area contributed by atoms with E-state index in [2.05, 4.69) is 0 Å². The summed E-state index contributed by atoms with van der Waals surface area (Å²) < 4.78 is 0. The van der Waals surface area contributed by atoms with Crippen molar-refractivity contribution in [3.8, 4) is 0 Å². The fourth-order valence-electron chi connectivity index (χ4n) is 3.02. The Balaban J connectivity index is 1.97. The molecule has 0 aromatic rings. The molecule has 13 heavy (non-hydrogen) atoms. The Morgan fingerprint density at radius 1 is 0.615 bits per heavy atom. The predicted octanol–water partition coefficient (Wildman–Crippen LogP) is 4.19. The lowest BCUT2D eigenvalue weighted by atomic mass is 9.79. The molecule has 0 amide bonds. The number of halogens is 2. The summed E-state index contributed by atoms with van der Waals surface area (Å²) in [4.78, 5) is 0. The molecule has 2 aliphatic rings. The molecular weight excluding hydrogens is 203 g/mol. The molecule has 2 fully saturated rings. The zero-order valence-electron chi connectivity index (χ0n) is 8.02. The Labute approximate surface area is 91.0 Å². The number of alkyl halides is 2. The topological polar surface area (TPSA) is 0 Å². The summed E-state index contributed by atoms with van der Waals surface area (Å²) in [7, 11) is 0. The van der Waals surface area contributed by atoms with Crippen LogP contribution in [0.4, 0.5) is 0 Å². The molecule has 2 heteroatoms. The molecule has 76 valence electrons. The first-order chi connectivity index (χ1) is 6.29. The van der Waals surface area contributed by atoms with Crippen LogP contribution >= 0.6 is 23.2 Å². The van der Waals surface area contributed by atoms with E-state index in [9.17, 15) is 0 Å². The normalized spacial score (nSPS) is 46.6. The van der Waals surface area contributed by atoms with Crippen LogP contribution in [0.5, 0.6) is 0 Å². The Morgan fingerprint density at radius 3 is 1.62 bits per heavy atom. The highest BCUT2D eigenvalue weighted by molar-refractivity contribution is 6.22. The second kappa shape index (κ2) is 4.40. The first-order valence-electron chi connectivity index (χ1n) is 5.57. The molecule has 0 N–H and O–H groups in total. The van der Waals surface area contributed by atoms with Gasteiger partial charge in [-0.05, 0) is 37.5 Å². The van der Waals surface area contributed by atoms with Gasteiger partial charge in [0.2, 0.25) is 0 Å². The van der Waals surface area contributed by atoms with Gasteiger partial charge in [-0.2, -0.15) is 0 Å². The Morgan fingerprint density at radius 2 is 1.08 bits per heavy atom. The van der Waals surface area contributed by atoms with Crippen molar-refractivity contribution in [1.29, 1.82) is 0 Å². The SMILES string of the molecule is ClC1CCCCC1C1CCCC1Cl. The summed E-state index contributed by atoms with van der Waals surface area (Å²) in [6.07, 6.45) is 9.08. The smallest absolute Gasteiger partial charge is 0.0367 e. The van der Waals surface area contributed by atoms with Gasteiger partial charge in [0.05, 0.1) is 0 Å². The Kier molecular flexibility index (Phi) is 3.42. The van der Waals surface area contributed by atoms with Crippen molar-refractivity contribution in [2.75, 3.05) is 0 Å². The Hall–Kier alpha value is 0.580. The summed E-state index contributed by atoms with van der Waals surface area (Å²) in [5.74, 6) is 1.45. The number of hydrogen-bond donors (Lipinski definition) is 0. The predicted molar refractivity (Wildman–Crippen MR) is 58.6 cm³/mol. The molecule has 0 aliphatic heterocycles. The maximum Gasteiger partial charge on any atom is 0.0367 e. The molecule has 0 radical (unpaired) electrons. The van der Waals surface area contributed by atoms with Crippen LogP contribution in [0.1, 0.15) is 44.9 Å². The van der Waals surface area contributed by atoms with Crippen LogP contribution < -0.4 is 0 Å². The van der Waals surface area contributed by atoms with Gasteiger partial charge in [0.25, 0.3) is 0 Å². The Bertz CT molecular complexity index is 169. The second-order valence-electron chi connectivity index (χ2n) is 4.58. The average Bonchev–Trinajstić information content (AvgIpc) is 2.52. The lowest BCUT2D eigenvalue weighted by molar-refractivity contribution is 0.260. The molecule has 0 aromatic heterocycles. The fourth-order valence-corrected chi connectivity index (χ4v) is 3.96. The van der Waals surface area contributed by atoms with Crippen LogP contribution in [-0.4, -0.2) is 10.8 Å². The molecule has 2 saturated carbocycles. The van der Waals surface area contributed by atoms with Crippen LogP contribution in [0.15, 0.2) is 0 Å². The first-order valence-corrected chi connectivity index (χ1v) is 6.44. The van der Waals surface area contributed by atoms with E-state index in [1.54, 1.807) is 0 Å². The van der Waals surface area contributed by atoms with E-state index in [1.165, 1.54) is 44.9 Å². The van der Waals surface area contributed by atoms with E-state index in [-0.39, 0.29) is 0 Å². The van der Waals surface area contributed by atoms with Crippen molar-refractivity contribution in [2.24, 2.45) is 11.8 Å².